The molecule has 27 heavy (non-hydrogen) atoms. The molecule has 1 aliphatic heterocycles. The SMILES string of the molecule is CCC[NH+](CCC)Cc1c([O-])ccc2c1OC(=Cc1cccc(Br)c1)C2=O. The fourth-order valence-electron chi connectivity index (χ4n) is 3.46. The zero-order chi connectivity index (χ0) is 19.4. The van der Waals surface area contributed by atoms with E-state index in [0.29, 0.717) is 23.4 Å². The lowest BCUT2D eigenvalue weighted by molar-refractivity contribution is -0.914. The normalized spacial score (nSPS) is 14.7. The topological polar surface area (TPSA) is 53.8 Å². The van der Waals surface area contributed by atoms with E-state index in [2.05, 4.69) is 29.8 Å². The maximum Gasteiger partial charge on any atom is 0.231 e. The maximum absolute atomic E-state index is 12.8. The Kier molecular flexibility index (Phi) is 6.34. The van der Waals surface area contributed by atoms with Crippen LogP contribution < -0.4 is 14.7 Å². The van der Waals surface area contributed by atoms with Crippen molar-refractivity contribution in [2.45, 2.75) is 33.2 Å². The van der Waals surface area contributed by atoms with Crippen molar-refractivity contribution in [2.75, 3.05) is 13.1 Å². The molecule has 1 aliphatic rings. The minimum Gasteiger partial charge on any atom is -0.872 e. The summed E-state index contributed by atoms with van der Waals surface area (Å²) in [6.07, 6.45) is 3.82. The fourth-order valence-corrected chi connectivity index (χ4v) is 3.88. The average Bonchev–Trinajstić information content (AvgIpc) is 2.94. The highest BCUT2D eigenvalue weighted by Gasteiger charge is 2.30. The van der Waals surface area contributed by atoms with E-state index in [1.54, 1.807) is 12.1 Å². The van der Waals surface area contributed by atoms with Crippen molar-refractivity contribution in [1.82, 2.24) is 0 Å². The molecule has 142 valence electrons. The molecule has 0 saturated heterocycles. The Morgan fingerprint density at radius 3 is 2.56 bits per heavy atom. The first-order chi connectivity index (χ1) is 13.0. The molecule has 0 bridgehead atoms. The molecule has 0 radical (unpaired) electrons. The predicted octanol–water partition coefficient (Wildman–Crippen LogP) is 3.34. The van der Waals surface area contributed by atoms with Gasteiger partial charge in [0.25, 0.3) is 0 Å². The van der Waals surface area contributed by atoms with E-state index >= 15 is 0 Å². The number of Topliss-reactive ketones (excluding diaryl/α,β-unsaturated/α-hetero) is 1. The van der Waals surface area contributed by atoms with E-state index in [0.717, 1.165) is 36.0 Å². The number of carbonyl (C=O) groups is 1. The van der Waals surface area contributed by atoms with Gasteiger partial charge in [-0.25, -0.2) is 0 Å². The molecule has 2 aromatic rings. The predicted molar refractivity (Wildman–Crippen MR) is 108 cm³/mol. The first-order valence-electron chi connectivity index (χ1n) is 9.39. The number of quaternary nitrogens is 1. The number of nitrogens with one attached hydrogen (secondary N) is 1. The Morgan fingerprint density at radius 1 is 1.15 bits per heavy atom. The number of ketones is 1. The molecule has 0 fully saturated rings. The van der Waals surface area contributed by atoms with Crippen LogP contribution in [0, 0.1) is 0 Å². The van der Waals surface area contributed by atoms with Crippen LogP contribution in [0.5, 0.6) is 11.5 Å². The van der Waals surface area contributed by atoms with E-state index in [1.807, 2.05) is 24.3 Å². The highest BCUT2D eigenvalue weighted by molar-refractivity contribution is 9.10. The fraction of sp³-hybridized carbons (Fsp3) is 0.318. The van der Waals surface area contributed by atoms with Gasteiger partial charge in [0.15, 0.2) is 5.76 Å². The quantitative estimate of drug-likeness (QED) is 0.686. The van der Waals surface area contributed by atoms with E-state index in [1.165, 1.54) is 11.0 Å². The van der Waals surface area contributed by atoms with Crippen molar-refractivity contribution in [1.29, 1.82) is 0 Å². The lowest BCUT2D eigenvalue weighted by Crippen LogP contribution is -3.10. The van der Waals surface area contributed by atoms with Crippen LogP contribution >= 0.6 is 15.9 Å². The van der Waals surface area contributed by atoms with E-state index in [4.69, 9.17) is 4.74 Å². The van der Waals surface area contributed by atoms with Crippen LogP contribution in [0.4, 0.5) is 0 Å². The van der Waals surface area contributed by atoms with Crippen LogP contribution in [-0.2, 0) is 6.54 Å². The van der Waals surface area contributed by atoms with Crippen molar-refractivity contribution in [2.24, 2.45) is 0 Å². The molecule has 3 rings (SSSR count). The van der Waals surface area contributed by atoms with Crippen LogP contribution in [0.3, 0.4) is 0 Å². The minimum atomic E-state index is -0.168. The van der Waals surface area contributed by atoms with Crippen LogP contribution in [-0.4, -0.2) is 18.9 Å². The smallest absolute Gasteiger partial charge is 0.231 e. The number of allylic oxidation sites excluding steroid dienone is 1. The van der Waals surface area contributed by atoms with Gasteiger partial charge in [-0.2, -0.15) is 0 Å². The maximum atomic E-state index is 12.8. The summed E-state index contributed by atoms with van der Waals surface area (Å²) in [6.45, 7) is 6.85. The molecular weight excluding hydrogens is 406 g/mol. The molecule has 0 aliphatic carbocycles. The van der Waals surface area contributed by atoms with Crippen LogP contribution in [0.25, 0.3) is 6.08 Å². The molecule has 0 unspecified atom stereocenters. The second kappa shape index (κ2) is 8.72. The number of ether oxygens (including phenoxy) is 1. The van der Waals surface area contributed by atoms with Crippen molar-refractivity contribution in [3.63, 3.8) is 0 Å². The Bertz CT molecular complexity index is 870. The van der Waals surface area contributed by atoms with Gasteiger partial charge >= 0.3 is 0 Å². The Labute approximate surface area is 168 Å². The van der Waals surface area contributed by atoms with Gasteiger partial charge in [0.1, 0.15) is 12.3 Å². The molecule has 0 spiro atoms. The number of halogens is 1. The lowest BCUT2D eigenvalue weighted by Gasteiger charge is -2.23. The number of benzene rings is 2. The van der Waals surface area contributed by atoms with Crippen LogP contribution in [0.15, 0.2) is 46.6 Å². The van der Waals surface area contributed by atoms with Gasteiger partial charge in [-0.05, 0) is 42.7 Å². The van der Waals surface area contributed by atoms with Gasteiger partial charge in [-0.3, -0.25) is 4.79 Å². The molecule has 0 atom stereocenters. The van der Waals surface area contributed by atoms with E-state index < -0.39 is 0 Å². The van der Waals surface area contributed by atoms with Crippen molar-refractivity contribution < 1.29 is 19.5 Å². The third kappa shape index (κ3) is 4.42. The highest BCUT2D eigenvalue weighted by Crippen LogP contribution is 2.38. The van der Waals surface area contributed by atoms with Crippen molar-refractivity contribution in [3.8, 4) is 11.5 Å². The van der Waals surface area contributed by atoms with Gasteiger partial charge in [-0.1, -0.05) is 53.7 Å². The summed E-state index contributed by atoms with van der Waals surface area (Å²) < 4.78 is 6.85. The zero-order valence-electron chi connectivity index (χ0n) is 15.7. The monoisotopic (exact) mass is 429 g/mol. The Hall–Kier alpha value is -2.11. The highest BCUT2D eigenvalue weighted by atomic mass is 79.9. The number of fused-ring (bicyclic) bond motifs is 1. The van der Waals surface area contributed by atoms with E-state index in [-0.39, 0.29) is 17.3 Å². The number of rotatable bonds is 7. The summed E-state index contributed by atoms with van der Waals surface area (Å²) in [4.78, 5) is 14.1. The first-order valence-corrected chi connectivity index (χ1v) is 10.2. The van der Waals surface area contributed by atoms with Gasteiger partial charge in [0.05, 0.1) is 18.7 Å². The largest absolute Gasteiger partial charge is 0.872 e. The standard InChI is InChI=1S/C22H24BrNO3/c1-3-10-24(11-4-2)14-18-19(25)9-8-17-21(26)20(27-22(17)18)13-15-6-5-7-16(23)12-15/h5-9,12-13,25H,3-4,10-11,14H2,1-2H3. The van der Waals surface area contributed by atoms with Crippen LogP contribution in [0.1, 0.15) is 48.2 Å². The number of hydrogen-bond acceptors (Lipinski definition) is 3. The molecule has 1 N–H and O–H groups in total. The molecule has 0 amide bonds. The molecule has 1 heterocycles. The third-order valence-electron chi connectivity index (χ3n) is 4.68. The van der Waals surface area contributed by atoms with Crippen molar-refractivity contribution >= 4 is 27.8 Å². The second-order valence-corrected chi connectivity index (χ2v) is 7.76. The van der Waals surface area contributed by atoms with Gasteiger partial charge in [0.2, 0.25) is 5.78 Å². The summed E-state index contributed by atoms with van der Waals surface area (Å²) in [5.74, 6) is 0.481. The Morgan fingerprint density at radius 2 is 1.89 bits per heavy atom. The zero-order valence-corrected chi connectivity index (χ0v) is 17.3. The molecule has 5 heteroatoms. The van der Waals surface area contributed by atoms with Crippen molar-refractivity contribution in [3.05, 3.63) is 63.3 Å². The number of carbonyl (C=O) groups excluding carboxylic acids is 1. The number of hydrogen-bond donors (Lipinski definition) is 1. The first kappa shape index (κ1) is 19.6. The van der Waals surface area contributed by atoms with Gasteiger partial charge in [0, 0.05) is 10.0 Å². The van der Waals surface area contributed by atoms with Gasteiger partial charge < -0.3 is 14.7 Å². The molecule has 2 aromatic carbocycles. The Balaban J connectivity index is 1.93. The summed E-state index contributed by atoms with van der Waals surface area (Å²) in [5.41, 5.74) is 1.96. The molecule has 0 aromatic heterocycles. The second-order valence-electron chi connectivity index (χ2n) is 6.84. The average molecular weight is 430 g/mol. The summed E-state index contributed by atoms with van der Waals surface area (Å²) in [7, 11) is 0. The lowest BCUT2D eigenvalue weighted by atomic mass is 10.0. The van der Waals surface area contributed by atoms with Crippen LogP contribution in [0.2, 0.25) is 0 Å². The van der Waals surface area contributed by atoms with E-state index in [9.17, 15) is 9.90 Å². The minimum absolute atomic E-state index is 0.0602. The summed E-state index contributed by atoms with van der Waals surface area (Å²) in [6, 6.07) is 10.7. The van der Waals surface area contributed by atoms with Gasteiger partial charge in [-0.15, -0.1) is 0 Å². The molecule has 0 saturated carbocycles. The molecular formula is C22H24BrNO3. The molecule has 4 nitrogen and oxygen atoms in total. The third-order valence-corrected chi connectivity index (χ3v) is 5.17. The summed E-state index contributed by atoms with van der Waals surface area (Å²) >= 11 is 3.43. The summed E-state index contributed by atoms with van der Waals surface area (Å²) in [5, 5.41) is 12.5.